The van der Waals surface area contributed by atoms with Gasteiger partial charge in [-0.1, -0.05) is 6.07 Å². The fraction of sp³-hybridized carbons (Fsp3) is 0.444. The van der Waals surface area contributed by atoms with Gasteiger partial charge in [-0.15, -0.1) is 0 Å². The Labute approximate surface area is 151 Å². The molecule has 142 valence electrons. The van der Waals surface area contributed by atoms with Crippen LogP contribution in [0, 0.1) is 6.92 Å². The van der Waals surface area contributed by atoms with Crippen molar-refractivity contribution in [2.24, 2.45) is 5.73 Å². The van der Waals surface area contributed by atoms with Gasteiger partial charge in [-0.05, 0) is 46.2 Å². The van der Waals surface area contributed by atoms with Crippen molar-refractivity contribution in [2.45, 2.75) is 52.2 Å². The largest absolute Gasteiger partial charge is 0.508 e. The lowest BCUT2D eigenvalue weighted by Crippen LogP contribution is -2.47. The van der Waals surface area contributed by atoms with Crippen LogP contribution in [0.15, 0.2) is 18.2 Å². The van der Waals surface area contributed by atoms with Crippen LogP contribution in [0.1, 0.15) is 49.5 Å². The van der Waals surface area contributed by atoms with Crippen LogP contribution < -0.4 is 5.73 Å². The standard InChI is InChI=1S/C18H24N2O6/c1-11-12(6-5-7-14(11)22)17(25)20(10-21)13(16(19)24)8-9-15(23)26-18(2,3)4/h5-7,10,13,22H,8-9H2,1-4H3,(H2,19,24). The van der Waals surface area contributed by atoms with E-state index in [1.807, 2.05) is 0 Å². The number of hydrogen-bond acceptors (Lipinski definition) is 6. The molecule has 3 N–H and O–H groups in total. The van der Waals surface area contributed by atoms with Crippen LogP contribution in [-0.2, 0) is 19.1 Å². The first-order valence-corrected chi connectivity index (χ1v) is 8.05. The molecule has 0 radical (unpaired) electrons. The van der Waals surface area contributed by atoms with Crippen molar-refractivity contribution in [2.75, 3.05) is 0 Å². The zero-order valence-corrected chi connectivity index (χ0v) is 15.3. The third kappa shape index (κ3) is 5.58. The molecule has 0 fully saturated rings. The second-order valence-electron chi connectivity index (χ2n) is 6.81. The van der Waals surface area contributed by atoms with Crippen LogP contribution in [0.4, 0.5) is 0 Å². The molecule has 0 aliphatic carbocycles. The Morgan fingerprint density at radius 3 is 2.42 bits per heavy atom. The lowest BCUT2D eigenvalue weighted by Gasteiger charge is -2.25. The molecule has 8 nitrogen and oxygen atoms in total. The highest BCUT2D eigenvalue weighted by atomic mass is 16.6. The molecule has 0 spiro atoms. The highest BCUT2D eigenvalue weighted by molar-refractivity contribution is 6.04. The van der Waals surface area contributed by atoms with E-state index in [9.17, 15) is 24.3 Å². The minimum Gasteiger partial charge on any atom is -0.508 e. The Morgan fingerprint density at radius 2 is 1.92 bits per heavy atom. The molecule has 1 rings (SSSR count). The van der Waals surface area contributed by atoms with Gasteiger partial charge in [0.05, 0.1) is 0 Å². The monoisotopic (exact) mass is 364 g/mol. The molecule has 0 aromatic heterocycles. The lowest BCUT2D eigenvalue weighted by atomic mass is 10.0. The summed E-state index contributed by atoms with van der Waals surface area (Å²) < 4.78 is 5.15. The van der Waals surface area contributed by atoms with Crippen molar-refractivity contribution >= 4 is 24.2 Å². The summed E-state index contributed by atoms with van der Waals surface area (Å²) in [7, 11) is 0. The quantitative estimate of drug-likeness (QED) is 0.554. The summed E-state index contributed by atoms with van der Waals surface area (Å²) in [6.07, 6.45) is -0.162. The van der Waals surface area contributed by atoms with Crippen LogP contribution in [-0.4, -0.2) is 45.8 Å². The molecule has 0 heterocycles. The predicted molar refractivity (Wildman–Crippen MR) is 93.1 cm³/mol. The highest BCUT2D eigenvalue weighted by Gasteiger charge is 2.31. The summed E-state index contributed by atoms with van der Waals surface area (Å²) in [5.74, 6) is -2.41. The van der Waals surface area contributed by atoms with Gasteiger partial charge in [0, 0.05) is 17.5 Å². The van der Waals surface area contributed by atoms with E-state index in [1.165, 1.54) is 25.1 Å². The fourth-order valence-electron chi connectivity index (χ4n) is 2.32. The third-order valence-electron chi connectivity index (χ3n) is 3.59. The number of aromatic hydroxyl groups is 1. The number of nitrogens with zero attached hydrogens (tertiary/aromatic N) is 1. The van der Waals surface area contributed by atoms with Crippen LogP contribution in [0.5, 0.6) is 5.75 Å². The molecular weight excluding hydrogens is 340 g/mol. The van der Waals surface area contributed by atoms with Crippen molar-refractivity contribution < 1.29 is 29.0 Å². The summed E-state index contributed by atoms with van der Waals surface area (Å²) in [4.78, 5) is 48.3. The molecular formula is C18H24N2O6. The average Bonchev–Trinajstić information content (AvgIpc) is 2.51. The number of carbonyl (C=O) groups excluding carboxylic acids is 4. The molecule has 26 heavy (non-hydrogen) atoms. The van der Waals surface area contributed by atoms with E-state index < -0.39 is 29.4 Å². The summed E-state index contributed by atoms with van der Waals surface area (Å²) in [5.41, 5.74) is 4.94. The summed E-state index contributed by atoms with van der Waals surface area (Å²) in [6, 6.07) is 2.94. The van der Waals surface area contributed by atoms with Crippen LogP contribution >= 0.6 is 0 Å². The van der Waals surface area contributed by atoms with E-state index in [-0.39, 0.29) is 36.1 Å². The summed E-state index contributed by atoms with van der Waals surface area (Å²) in [5, 5.41) is 9.72. The SMILES string of the molecule is Cc1c(O)cccc1C(=O)N(C=O)C(CCC(=O)OC(C)(C)C)C(N)=O. The number of hydrogen-bond donors (Lipinski definition) is 2. The van der Waals surface area contributed by atoms with Crippen molar-refractivity contribution in [3.8, 4) is 5.75 Å². The van der Waals surface area contributed by atoms with Gasteiger partial charge in [0.25, 0.3) is 5.91 Å². The zero-order chi connectivity index (χ0) is 20.1. The average molecular weight is 364 g/mol. The number of imide groups is 1. The lowest BCUT2D eigenvalue weighted by molar-refractivity contribution is -0.155. The number of carbonyl (C=O) groups is 4. The minimum atomic E-state index is -1.31. The molecule has 0 bridgehead atoms. The highest BCUT2D eigenvalue weighted by Crippen LogP contribution is 2.22. The number of nitrogens with two attached hydrogens (primary N) is 1. The molecule has 0 aliphatic rings. The maximum atomic E-state index is 12.6. The Bertz CT molecular complexity index is 708. The van der Waals surface area contributed by atoms with Crippen molar-refractivity contribution in [3.05, 3.63) is 29.3 Å². The number of benzene rings is 1. The number of rotatable bonds is 7. The molecule has 3 amide bonds. The molecule has 1 unspecified atom stereocenters. The Hall–Kier alpha value is -2.90. The first-order valence-electron chi connectivity index (χ1n) is 8.05. The predicted octanol–water partition coefficient (Wildman–Crippen LogP) is 1.28. The molecule has 0 aliphatic heterocycles. The molecule has 0 saturated heterocycles. The fourth-order valence-corrected chi connectivity index (χ4v) is 2.32. The summed E-state index contributed by atoms with van der Waals surface area (Å²) >= 11 is 0. The van der Waals surface area contributed by atoms with Gasteiger partial charge in [-0.2, -0.15) is 0 Å². The topological polar surface area (TPSA) is 127 Å². The number of primary amides is 1. The first kappa shape index (κ1) is 21.1. The molecule has 1 aromatic carbocycles. The van der Waals surface area contributed by atoms with Gasteiger partial charge < -0.3 is 15.6 Å². The van der Waals surface area contributed by atoms with Gasteiger partial charge in [-0.3, -0.25) is 24.1 Å². The Balaban J connectivity index is 3.00. The van der Waals surface area contributed by atoms with Gasteiger partial charge in [0.15, 0.2) is 0 Å². The van der Waals surface area contributed by atoms with E-state index in [0.29, 0.717) is 4.90 Å². The smallest absolute Gasteiger partial charge is 0.306 e. The van der Waals surface area contributed by atoms with Crippen molar-refractivity contribution in [1.29, 1.82) is 0 Å². The number of phenolic OH excluding ortho intramolecular Hbond substituents is 1. The number of esters is 1. The van der Waals surface area contributed by atoms with E-state index in [2.05, 4.69) is 0 Å². The maximum Gasteiger partial charge on any atom is 0.306 e. The van der Waals surface area contributed by atoms with Crippen LogP contribution in [0.2, 0.25) is 0 Å². The second kappa shape index (κ2) is 8.46. The first-order chi connectivity index (χ1) is 12.0. The van der Waals surface area contributed by atoms with Gasteiger partial charge in [0.2, 0.25) is 12.3 Å². The van der Waals surface area contributed by atoms with Gasteiger partial charge in [0.1, 0.15) is 17.4 Å². The van der Waals surface area contributed by atoms with Crippen molar-refractivity contribution in [3.63, 3.8) is 0 Å². The minimum absolute atomic E-state index is 0.0561. The normalized spacial score (nSPS) is 12.2. The Morgan fingerprint density at radius 1 is 1.31 bits per heavy atom. The van der Waals surface area contributed by atoms with E-state index in [0.717, 1.165) is 0 Å². The van der Waals surface area contributed by atoms with Crippen molar-refractivity contribution in [1.82, 2.24) is 4.90 Å². The third-order valence-corrected chi connectivity index (χ3v) is 3.59. The second-order valence-corrected chi connectivity index (χ2v) is 6.81. The number of ether oxygens (including phenoxy) is 1. The molecule has 8 heteroatoms. The van der Waals surface area contributed by atoms with E-state index in [1.54, 1.807) is 20.8 Å². The molecule has 1 atom stereocenters. The molecule has 1 aromatic rings. The van der Waals surface area contributed by atoms with Gasteiger partial charge in [-0.25, -0.2) is 0 Å². The van der Waals surface area contributed by atoms with Gasteiger partial charge >= 0.3 is 5.97 Å². The Kier molecular flexibility index (Phi) is 6.88. The molecule has 0 saturated carbocycles. The van der Waals surface area contributed by atoms with E-state index in [4.69, 9.17) is 10.5 Å². The maximum absolute atomic E-state index is 12.6. The van der Waals surface area contributed by atoms with Crippen LogP contribution in [0.25, 0.3) is 0 Å². The number of amides is 3. The summed E-state index contributed by atoms with van der Waals surface area (Å²) in [6.45, 7) is 6.60. The van der Waals surface area contributed by atoms with Crippen LogP contribution in [0.3, 0.4) is 0 Å². The van der Waals surface area contributed by atoms with E-state index >= 15 is 0 Å². The zero-order valence-electron chi connectivity index (χ0n) is 15.3. The number of phenols is 1.